The maximum absolute atomic E-state index is 12.4. The first kappa shape index (κ1) is 15.9. The van der Waals surface area contributed by atoms with Gasteiger partial charge in [0.1, 0.15) is 0 Å². The van der Waals surface area contributed by atoms with Crippen LogP contribution in [0.15, 0.2) is 0 Å². The van der Waals surface area contributed by atoms with Crippen molar-refractivity contribution in [2.75, 3.05) is 20.7 Å². The number of thiocarbonyl (C=S) groups is 1. The van der Waals surface area contributed by atoms with E-state index in [1.165, 1.54) is 7.11 Å². The Kier molecular flexibility index (Phi) is 5.29. The Balaban J connectivity index is 2.52. The topological polar surface area (TPSA) is 72.6 Å². The van der Waals surface area contributed by atoms with E-state index in [4.69, 9.17) is 18.0 Å². The highest BCUT2D eigenvalue weighted by Crippen LogP contribution is 2.46. The molecule has 0 aromatic heterocycles. The molecule has 0 aromatic rings. The van der Waals surface area contributed by atoms with Gasteiger partial charge in [-0.15, -0.1) is 0 Å². The Morgan fingerprint density at radius 1 is 1.47 bits per heavy atom. The van der Waals surface area contributed by atoms with Crippen molar-refractivity contribution in [3.05, 3.63) is 0 Å². The summed E-state index contributed by atoms with van der Waals surface area (Å²) in [7, 11) is 3.08. The van der Waals surface area contributed by atoms with Crippen molar-refractivity contribution < 1.29 is 14.3 Å². The van der Waals surface area contributed by atoms with Crippen LogP contribution in [0.1, 0.15) is 32.6 Å². The van der Waals surface area contributed by atoms with Crippen LogP contribution < -0.4 is 5.73 Å². The number of ether oxygens (including phenoxy) is 1. The highest BCUT2D eigenvalue weighted by molar-refractivity contribution is 7.80. The molecule has 0 aromatic carbocycles. The van der Waals surface area contributed by atoms with Crippen molar-refractivity contribution in [3.63, 3.8) is 0 Å². The number of esters is 1. The van der Waals surface area contributed by atoms with Crippen LogP contribution in [-0.2, 0) is 14.3 Å². The average molecular weight is 286 g/mol. The molecule has 1 aliphatic carbocycles. The van der Waals surface area contributed by atoms with Crippen LogP contribution in [-0.4, -0.2) is 42.5 Å². The molecule has 1 saturated carbocycles. The first-order valence-corrected chi connectivity index (χ1v) is 6.86. The third-order valence-electron chi connectivity index (χ3n) is 3.72. The summed E-state index contributed by atoms with van der Waals surface area (Å²) < 4.78 is 4.56. The van der Waals surface area contributed by atoms with E-state index in [9.17, 15) is 9.59 Å². The van der Waals surface area contributed by atoms with E-state index in [-0.39, 0.29) is 16.9 Å². The number of rotatable bonds is 6. The number of hydrogen-bond acceptors (Lipinski definition) is 4. The van der Waals surface area contributed by atoms with E-state index < -0.39 is 5.41 Å². The summed E-state index contributed by atoms with van der Waals surface area (Å²) in [6.45, 7) is 2.59. The number of carbonyl (C=O) groups is 2. The monoisotopic (exact) mass is 286 g/mol. The Hall–Kier alpha value is -1.17. The van der Waals surface area contributed by atoms with Gasteiger partial charge in [0.2, 0.25) is 5.91 Å². The van der Waals surface area contributed by atoms with Gasteiger partial charge < -0.3 is 15.4 Å². The molecule has 1 aliphatic rings. The predicted molar refractivity (Wildman–Crippen MR) is 76.5 cm³/mol. The molecule has 0 bridgehead atoms. The van der Waals surface area contributed by atoms with Gasteiger partial charge in [0, 0.05) is 20.0 Å². The second kappa shape index (κ2) is 6.32. The van der Waals surface area contributed by atoms with Crippen LogP contribution in [0.25, 0.3) is 0 Å². The molecule has 0 atom stereocenters. The number of amides is 1. The number of nitrogens with zero attached hydrogens (tertiary/aromatic N) is 1. The normalized spacial score (nSPS) is 25.3. The molecule has 0 aliphatic heterocycles. The van der Waals surface area contributed by atoms with Gasteiger partial charge in [-0.05, 0) is 25.2 Å². The lowest BCUT2D eigenvalue weighted by molar-refractivity contribution is -0.144. The second-order valence-electron chi connectivity index (χ2n) is 5.37. The van der Waals surface area contributed by atoms with Crippen molar-refractivity contribution in [1.29, 1.82) is 0 Å². The number of carbonyl (C=O) groups excluding carboxylic acids is 2. The van der Waals surface area contributed by atoms with Gasteiger partial charge in [-0.1, -0.05) is 19.1 Å². The first-order valence-electron chi connectivity index (χ1n) is 6.45. The minimum absolute atomic E-state index is 0.0250. The summed E-state index contributed by atoms with van der Waals surface area (Å²) in [4.78, 5) is 25.3. The van der Waals surface area contributed by atoms with Crippen LogP contribution in [0, 0.1) is 11.3 Å². The summed E-state index contributed by atoms with van der Waals surface area (Å²) in [5.74, 6) is 0.194. The number of hydrogen-bond donors (Lipinski definition) is 1. The zero-order chi connectivity index (χ0) is 14.6. The minimum atomic E-state index is -0.658. The molecule has 1 amide bonds. The van der Waals surface area contributed by atoms with Crippen molar-refractivity contribution in [1.82, 2.24) is 4.90 Å². The van der Waals surface area contributed by atoms with E-state index in [0.29, 0.717) is 25.3 Å². The molecule has 19 heavy (non-hydrogen) atoms. The molecule has 1 rings (SSSR count). The molecule has 2 N–H and O–H groups in total. The molecule has 108 valence electrons. The highest BCUT2D eigenvalue weighted by atomic mass is 32.1. The third-order valence-corrected chi connectivity index (χ3v) is 4.11. The molecule has 0 spiro atoms. The van der Waals surface area contributed by atoms with Crippen LogP contribution in [0.3, 0.4) is 0 Å². The molecule has 0 radical (unpaired) electrons. The van der Waals surface area contributed by atoms with E-state index in [2.05, 4.69) is 11.7 Å². The van der Waals surface area contributed by atoms with Crippen LogP contribution in [0.4, 0.5) is 0 Å². The SMILES string of the molecule is COC(=O)CCCN(C)C(=O)C1(C(N)=S)CC(C)C1. The van der Waals surface area contributed by atoms with Gasteiger partial charge in [0.05, 0.1) is 17.5 Å². The lowest BCUT2D eigenvalue weighted by Gasteiger charge is -2.46. The van der Waals surface area contributed by atoms with Crippen molar-refractivity contribution >= 4 is 29.1 Å². The highest BCUT2D eigenvalue weighted by Gasteiger charge is 2.51. The Morgan fingerprint density at radius 2 is 2.05 bits per heavy atom. The van der Waals surface area contributed by atoms with Crippen molar-refractivity contribution in [3.8, 4) is 0 Å². The van der Waals surface area contributed by atoms with E-state index >= 15 is 0 Å². The fourth-order valence-electron chi connectivity index (χ4n) is 2.64. The summed E-state index contributed by atoms with van der Waals surface area (Å²) in [5.41, 5.74) is 5.08. The largest absolute Gasteiger partial charge is 0.469 e. The van der Waals surface area contributed by atoms with E-state index in [0.717, 1.165) is 12.8 Å². The fraction of sp³-hybridized carbons (Fsp3) is 0.769. The molecule has 6 heteroatoms. The van der Waals surface area contributed by atoms with Gasteiger partial charge in [-0.2, -0.15) is 0 Å². The summed E-state index contributed by atoms with van der Waals surface area (Å²) in [6, 6.07) is 0. The molecule has 0 heterocycles. The Morgan fingerprint density at radius 3 is 2.47 bits per heavy atom. The second-order valence-corrected chi connectivity index (χ2v) is 5.81. The smallest absolute Gasteiger partial charge is 0.305 e. The standard InChI is InChI=1S/C13H22N2O3S/c1-9-7-13(8-9,11(14)19)12(17)15(2)6-4-5-10(16)18-3/h9H,4-8H2,1-3H3,(H2,14,19). The fourth-order valence-corrected chi connectivity index (χ4v) is 2.89. The molecule has 5 nitrogen and oxygen atoms in total. The summed E-state index contributed by atoms with van der Waals surface area (Å²) >= 11 is 5.06. The van der Waals surface area contributed by atoms with E-state index in [1.54, 1.807) is 11.9 Å². The van der Waals surface area contributed by atoms with Crippen LogP contribution >= 0.6 is 12.2 Å². The quantitative estimate of drug-likeness (QED) is 0.585. The maximum Gasteiger partial charge on any atom is 0.305 e. The van der Waals surface area contributed by atoms with Crippen LogP contribution in [0.2, 0.25) is 0 Å². The lowest BCUT2D eigenvalue weighted by atomic mass is 9.61. The Bertz CT molecular complexity index is 378. The van der Waals surface area contributed by atoms with E-state index in [1.807, 2.05) is 0 Å². The third kappa shape index (κ3) is 3.43. The molecular weight excluding hydrogens is 264 g/mol. The molecule has 0 unspecified atom stereocenters. The Labute approximate surface area is 119 Å². The van der Waals surface area contributed by atoms with Gasteiger partial charge in [0.25, 0.3) is 0 Å². The number of methoxy groups -OCH3 is 1. The average Bonchev–Trinajstić information content (AvgIpc) is 2.32. The first-order chi connectivity index (χ1) is 8.83. The van der Waals surface area contributed by atoms with Crippen molar-refractivity contribution in [2.45, 2.75) is 32.6 Å². The summed E-state index contributed by atoms with van der Waals surface area (Å²) in [6.07, 6.45) is 2.34. The van der Waals surface area contributed by atoms with Crippen LogP contribution in [0.5, 0.6) is 0 Å². The molecular formula is C13H22N2O3S. The van der Waals surface area contributed by atoms with Gasteiger partial charge in [0.15, 0.2) is 0 Å². The van der Waals surface area contributed by atoms with Gasteiger partial charge >= 0.3 is 5.97 Å². The minimum Gasteiger partial charge on any atom is -0.469 e. The summed E-state index contributed by atoms with van der Waals surface area (Å²) in [5, 5.41) is 0. The zero-order valence-corrected chi connectivity index (χ0v) is 12.6. The molecule has 1 fully saturated rings. The van der Waals surface area contributed by atoms with Crippen molar-refractivity contribution in [2.24, 2.45) is 17.1 Å². The number of nitrogens with two attached hydrogens (primary N) is 1. The van der Waals surface area contributed by atoms with Gasteiger partial charge in [-0.25, -0.2) is 0 Å². The zero-order valence-electron chi connectivity index (χ0n) is 11.8. The van der Waals surface area contributed by atoms with Gasteiger partial charge in [-0.3, -0.25) is 9.59 Å². The molecule has 0 saturated heterocycles. The maximum atomic E-state index is 12.4. The predicted octanol–water partition coefficient (Wildman–Crippen LogP) is 1.10. The lowest BCUT2D eigenvalue weighted by Crippen LogP contribution is -2.56.